The molecule has 0 heterocycles. The van der Waals surface area contributed by atoms with Crippen LogP contribution in [-0.2, 0) is 6.61 Å². The molecule has 0 atom stereocenters. The molecule has 0 bridgehead atoms. The number of ether oxygens (including phenoxy) is 1. The van der Waals surface area contributed by atoms with Gasteiger partial charge in [-0.05, 0) is 31.2 Å². The topological polar surface area (TPSA) is 46.5 Å². The molecule has 5 heteroatoms. The number of rotatable bonds is 4. The van der Waals surface area contributed by atoms with Crippen LogP contribution in [-0.4, -0.2) is 11.1 Å². The molecule has 2 aromatic carbocycles. The van der Waals surface area contributed by atoms with E-state index in [9.17, 15) is 9.18 Å². The third-order valence-electron chi connectivity index (χ3n) is 2.76. The lowest BCUT2D eigenvalue weighted by Gasteiger charge is -2.11. The third kappa shape index (κ3) is 3.36. The van der Waals surface area contributed by atoms with E-state index in [1.165, 1.54) is 12.1 Å². The van der Waals surface area contributed by atoms with Gasteiger partial charge in [-0.25, -0.2) is 9.18 Å². The van der Waals surface area contributed by atoms with Crippen LogP contribution in [0.4, 0.5) is 4.39 Å². The Bertz CT molecular complexity index is 656. The number of carboxylic acid groups (broad SMARTS) is 1. The molecule has 0 aliphatic rings. The van der Waals surface area contributed by atoms with Gasteiger partial charge in [0.15, 0.2) is 0 Å². The third-order valence-corrected chi connectivity index (χ3v) is 3.50. The molecular formula is C15H12BrFO3. The number of carboxylic acids is 1. The minimum Gasteiger partial charge on any atom is -0.488 e. The van der Waals surface area contributed by atoms with Crippen LogP contribution in [0.5, 0.6) is 5.75 Å². The standard InChI is InChI=1S/C15H12BrFO3/c1-9-2-5-14(12(6-9)15(18)19)20-8-10-3-4-11(17)7-13(10)16/h2-7H,8H2,1H3,(H,18,19). The monoisotopic (exact) mass is 338 g/mol. The Balaban J connectivity index is 2.20. The van der Waals surface area contributed by atoms with Gasteiger partial charge in [0, 0.05) is 10.0 Å². The molecular weight excluding hydrogens is 327 g/mol. The molecule has 0 fully saturated rings. The Labute approximate surface area is 124 Å². The molecule has 0 aromatic heterocycles. The summed E-state index contributed by atoms with van der Waals surface area (Å²) in [6, 6.07) is 9.21. The Morgan fingerprint density at radius 2 is 2.05 bits per heavy atom. The fourth-order valence-corrected chi connectivity index (χ4v) is 2.20. The summed E-state index contributed by atoms with van der Waals surface area (Å²) in [7, 11) is 0. The molecule has 0 unspecified atom stereocenters. The van der Waals surface area contributed by atoms with E-state index in [-0.39, 0.29) is 18.0 Å². The molecule has 2 aromatic rings. The molecule has 3 nitrogen and oxygen atoms in total. The van der Waals surface area contributed by atoms with Crippen molar-refractivity contribution in [2.24, 2.45) is 0 Å². The highest BCUT2D eigenvalue weighted by Gasteiger charge is 2.12. The van der Waals surface area contributed by atoms with E-state index >= 15 is 0 Å². The van der Waals surface area contributed by atoms with E-state index in [2.05, 4.69) is 15.9 Å². The van der Waals surface area contributed by atoms with Crippen LogP contribution in [0.2, 0.25) is 0 Å². The average molecular weight is 339 g/mol. The average Bonchev–Trinajstić information content (AvgIpc) is 2.38. The number of aryl methyl sites for hydroxylation is 1. The molecule has 0 aliphatic heterocycles. The molecule has 0 spiro atoms. The van der Waals surface area contributed by atoms with Crippen molar-refractivity contribution in [3.05, 3.63) is 63.4 Å². The molecule has 0 amide bonds. The van der Waals surface area contributed by atoms with Crippen LogP contribution in [0.3, 0.4) is 0 Å². The van der Waals surface area contributed by atoms with Crippen molar-refractivity contribution in [1.29, 1.82) is 0 Å². The van der Waals surface area contributed by atoms with E-state index in [4.69, 9.17) is 9.84 Å². The predicted octanol–water partition coefficient (Wildman–Crippen LogP) is 4.17. The van der Waals surface area contributed by atoms with Gasteiger partial charge in [-0.3, -0.25) is 0 Å². The first-order valence-corrected chi connectivity index (χ1v) is 6.67. The van der Waals surface area contributed by atoms with Crippen molar-refractivity contribution >= 4 is 21.9 Å². The highest BCUT2D eigenvalue weighted by Crippen LogP contribution is 2.24. The number of hydrogen-bond donors (Lipinski definition) is 1. The van der Waals surface area contributed by atoms with Crippen molar-refractivity contribution in [2.45, 2.75) is 13.5 Å². The quantitative estimate of drug-likeness (QED) is 0.909. The Morgan fingerprint density at radius 1 is 1.30 bits per heavy atom. The zero-order valence-corrected chi connectivity index (χ0v) is 12.3. The molecule has 20 heavy (non-hydrogen) atoms. The van der Waals surface area contributed by atoms with E-state index < -0.39 is 5.97 Å². The van der Waals surface area contributed by atoms with Gasteiger partial charge >= 0.3 is 5.97 Å². The van der Waals surface area contributed by atoms with Gasteiger partial charge in [0.05, 0.1) is 0 Å². The first-order valence-electron chi connectivity index (χ1n) is 5.88. The molecule has 2 rings (SSSR count). The number of hydrogen-bond acceptors (Lipinski definition) is 2. The summed E-state index contributed by atoms with van der Waals surface area (Å²) in [5.41, 5.74) is 1.70. The van der Waals surface area contributed by atoms with Crippen molar-refractivity contribution in [3.63, 3.8) is 0 Å². The van der Waals surface area contributed by atoms with Crippen LogP contribution in [0.15, 0.2) is 40.9 Å². The lowest BCUT2D eigenvalue weighted by molar-refractivity contribution is 0.0691. The summed E-state index contributed by atoms with van der Waals surface area (Å²) in [6.07, 6.45) is 0. The van der Waals surface area contributed by atoms with E-state index in [0.717, 1.165) is 11.1 Å². The molecule has 0 aliphatic carbocycles. The fraction of sp³-hybridized carbons (Fsp3) is 0.133. The lowest BCUT2D eigenvalue weighted by Crippen LogP contribution is -2.04. The summed E-state index contributed by atoms with van der Waals surface area (Å²) >= 11 is 3.24. The van der Waals surface area contributed by atoms with Gasteiger partial charge in [-0.2, -0.15) is 0 Å². The lowest BCUT2D eigenvalue weighted by atomic mass is 10.1. The number of carbonyl (C=O) groups is 1. The maximum Gasteiger partial charge on any atom is 0.339 e. The maximum absolute atomic E-state index is 13.0. The predicted molar refractivity (Wildman–Crippen MR) is 76.6 cm³/mol. The van der Waals surface area contributed by atoms with Gasteiger partial charge in [0.25, 0.3) is 0 Å². The van der Waals surface area contributed by atoms with Crippen molar-refractivity contribution in [1.82, 2.24) is 0 Å². The second-order valence-corrected chi connectivity index (χ2v) is 5.18. The van der Waals surface area contributed by atoms with Crippen molar-refractivity contribution in [2.75, 3.05) is 0 Å². The van der Waals surface area contributed by atoms with Crippen LogP contribution >= 0.6 is 15.9 Å². The smallest absolute Gasteiger partial charge is 0.339 e. The number of halogens is 2. The summed E-state index contributed by atoms with van der Waals surface area (Å²) < 4.78 is 19.1. The van der Waals surface area contributed by atoms with Crippen molar-refractivity contribution in [3.8, 4) is 5.75 Å². The van der Waals surface area contributed by atoms with Crippen LogP contribution in [0.25, 0.3) is 0 Å². The second-order valence-electron chi connectivity index (χ2n) is 4.33. The molecule has 0 saturated carbocycles. The Morgan fingerprint density at radius 3 is 2.70 bits per heavy atom. The first kappa shape index (κ1) is 14.5. The largest absolute Gasteiger partial charge is 0.488 e. The summed E-state index contributed by atoms with van der Waals surface area (Å²) in [4.78, 5) is 11.2. The van der Waals surface area contributed by atoms with E-state index in [1.807, 2.05) is 6.92 Å². The summed E-state index contributed by atoms with van der Waals surface area (Å²) in [5, 5.41) is 9.14. The van der Waals surface area contributed by atoms with Crippen LogP contribution in [0.1, 0.15) is 21.5 Å². The second kappa shape index (κ2) is 6.05. The van der Waals surface area contributed by atoms with E-state index in [1.54, 1.807) is 24.3 Å². The van der Waals surface area contributed by atoms with Gasteiger partial charge < -0.3 is 9.84 Å². The van der Waals surface area contributed by atoms with Crippen molar-refractivity contribution < 1.29 is 19.0 Å². The Kier molecular flexibility index (Phi) is 4.39. The van der Waals surface area contributed by atoms with Gasteiger partial charge in [0.2, 0.25) is 0 Å². The highest BCUT2D eigenvalue weighted by molar-refractivity contribution is 9.10. The first-order chi connectivity index (χ1) is 9.47. The van der Waals surface area contributed by atoms with E-state index in [0.29, 0.717) is 10.2 Å². The highest BCUT2D eigenvalue weighted by atomic mass is 79.9. The minimum absolute atomic E-state index is 0.114. The molecule has 0 saturated heterocycles. The van der Waals surface area contributed by atoms with Crippen LogP contribution < -0.4 is 4.74 Å². The zero-order valence-electron chi connectivity index (χ0n) is 10.7. The Hall–Kier alpha value is -1.88. The van der Waals surface area contributed by atoms with Crippen LogP contribution in [0, 0.1) is 12.7 Å². The van der Waals surface area contributed by atoms with Gasteiger partial charge in [-0.1, -0.05) is 33.6 Å². The molecule has 104 valence electrons. The zero-order chi connectivity index (χ0) is 14.7. The number of benzene rings is 2. The SMILES string of the molecule is Cc1ccc(OCc2ccc(F)cc2Br)c(C(=O)O)c1. The maximum atomic E-state index is 13.0. The normalized spacial score (nSPS) is 10.3. The molecule has 1 N–H and O–H groups in total. The van der Waals surface area contributed by atoms with Gasteiger partial charge in [0.1, 0.15) is 23.7 Å². The minimum atomic E-state index is -1.04. The molecule has 0 radical (unpaired) electrons. The summed E-state index contributed by atoms with van der Waals surface area (Å²) in [6.45, 7) is 1.97. The van der Waals surface area contributed by atoms with Gasteiger partial charge in [-0.15, -0.1) is 0 Å². The fourth-order valence-electron chi connectivity index (χ4n) is 1.73. The summed E-state index contributed by atoms with van der Waals surface area (Å²) in [5.74, 6) is -1.09. The number of aromatic carboxylic acids is 1.